The summed E-state index contributed by atoms with van der Waals surface area (Å²) in [5.74, 6) is 0. The highest BCUT2D eigenvalue weighted by molar-refractivity contribution is 6.33. The fourth-order valence-corrected chi connectivity index (χ4v) is 3.36. The molecule has 4 aromatic rings. The maximum Gasteiger partial charge on any atom is 0.333 e. The number of rotatable bonds is 2. The lowest BCUT2D eigenvalue weighted by atomic mass is 10.0. The van der Waals surface area contributed by atoms with E-state index >= 15 is 0 Å². The van der Waals surface area contributed by atoms with E-state index in [0.717, 1.165) is 16.7 Å². The molecule has 26 heavy (non-hydrogen) atoms. The van der Waals surface area contributed by atoms with Crippen LogP contribution in [0.5, 0.6) is 0 Å². The molecule has 0 fully saturated rings. The van der Waals surface area contributed by atoms with Gasteiger partial charge in [-0.15, -0.1) is 0 Å². The van der Waals surface area contributed by atoms with Gasteiger partial charge in [0.2, 0.25) is 0 Å². The first kappa shape index (κ1) is 16.4. The van der Waals surface area contributed by atoms with E-state index < -0.39 is 5.69 Å². The van der Waals surface area contributed by atoms with Gasteiger partial charge in [-0.2, -0.15) is 0 Å². The summed E-state index contributed by atoms with van der Waals surface area (Å²) in [6, 6.07) is 20.1. The van der Waals surface area contributed by atoms with Crippen molar-refractivity contribution >= 4 is 22.5 Å². The first-order valence-corrected chi connectivity index (χ1v) is 8.54. The summed E-state index contributed by atoms with van der Waals surface area (Å²) >= 11 is 6.26. The van der Waals surface area contributed by atoms with Crippen LogP contribution in [0, 0.1) is 6.92 Å². The van der Waals surface area contributed by atoms with Crippen LogP contribution in [-0.4, -0.2) is 9.55 Å². The monoisotopic (exact) mass is 362 g/mol. The Morgan fingerprint density at radius 3 is 2.42 bits per heavy atom. The van der Waals surface area contributed by atoms with Crippen LogP contribution >= 0.6 is 11.6 Å². The number of nitrogens with zero attached hydrogens (tertiary/aromatic N) is 1. The number of aromatic nitrogens is 2. The molecule has 5 heteroatoms. The van der Waals surface area contributed by atoms with Crippen LogP contribution in [0.25, 0.3) is 27.7 Å². The highest BCUT2D eigenvalue weighted by Crippen LogP contribution is 2.28. The molecule has 3 aromatic carbocycles. The van der Waals surface area contributed by atoms with Gasteiger partial charge in [0.15, 0.2) is 0 Å². The molecule has 0 saturated heterocycles. The smallest absolute Gasteiger partial charge is 0.306 e. The van der Waals surface area contributed by atoms with Crippen molar-refractivity contribution in [3.63, 3.8) is 0 Å². The summed E-state index contributed by atoms with van der Waals surface area (Å²) in [5.41, 5.74) is 2.80. The van der Waals surface area contributed by atoms with Gasteiger partial charge in [-0.25, -0.2) is 9.36 Å². The molecular weight excluding hydrogens is 348 g/mol. The Kier molecular flexibility index (Phi) is 3.98. The van der Waals surface area contributed by atoms with Crippen LogP contribution in [0.2, 0.25) is 5.02 Å². The number of aromatic amines is 1. The van der Waals surface area contributed by atoms with Crippen molar-refractivity contribution in [1.29, 1.82) is 0 Å². The molecule has 1 heterocycles. The number of H-pyrrole nitrogens is 1. The van der Waals surface area contributed by atoms with Crippen LogP contribution in [0.15, 0.2) is 76.3 Å². The van der Waals surface area contributed by atoms with Crippen molar-refractivity contribution in [1.82, 2.24) is 9.55 Å². The summed E-state index contributed by atoms with van der Waals surface area (Å²) in [7, 11) is 0. The van der Waals surface area contributed by atoms with Gasteiger partial charge >= 0.3 is 5.69 Å². The van der Waals surface area contributed by atoms with E-state index in [1.54, 1.807) is 30.3 Å². The lowest BCUT2D eigenvalue weighted by Gasteiger charge is -2.10. The maximum atomic E-state index is 12.9. The van der Waals surface area contributed by atoms with Gasteiger partial charge in [0, 0.05) is 10.6 Å². The number of aryl methyl sites for hydroxylation is 1. The molecule has 0 aliphatic heterocycles. The van der Waals surface area contributed by atoms with Gasteiger partial charge in [0.1, 0.15) is 0 Å². The van der Waals surface area contributed by atoms with E-state index in [-0.39, 0.29) is 5.56 Å². The number of nitrogens with one attached hydrogen (secondary N) is 1. The fourth-order valence-electron chi connectivity index (χ4n) is 3.11. The number of hydrogen-bond acceptors (Lipinski definition) is 2. The normalized spacial score (nSPS) is 11.0. The van der Waals surface area contributed by atoms with Crippen LogP contribution in [0.4, 0.5) is 0 Å². The van der Waals surface area contributed by atoms with Gasteiger partial charge in [0.05, 0.1) is 16.6 Å². The zero-order valence-electron chi connectivity index (χ0n) is 14.0. The van der Waals surface area contributed by atoms with E-state index in [9.17, 15) is 9.59 Å². The number of para-hydroxylation sites is 1. The quantitative estimate of drug-likeness (QED) is 0.577. The molecule has 0 amide bonds. The fraction of sp³-hybridized carbons (Fsp3) is 0.0476. The summed E-state index contributed by atoms with van der Waals surface area (Å²) in [6.07, 6.45) is 0. The van der Waals surface area contributed by atoms with E-state index in [2.05, 4.69) is 4.98 Å². The Morgan fingerprint density at radius 1 is 0.923 bits per heavy atom. The van der Waals surface area contributed by atoms with Gasteiger partial charge in [-0.05, 0) is 42.3 Å². The van der Waals surface area contributed by atoms with Crippen LogP contribution in [-0.2, 0) is 0 Å². The molecule has 0 saturated carbocycles. The molecule has 1 aromatic heterocycles. The lowest BCUT2D eigenvalue weighted by molar-refractivity contribution is 0.894. The Hall–Kier alpha value is -3.11. The highest BCUT2D eigenvalue weighted by Gasteiger charge is 2.12. The number of fused-ring (bicyclic) bond motifs is 1. The molecule has 0 bridgehead atoms. The molecule has 4 nitrogen and oxygen atoms in total. The Bertz CT molecular complexity index is 1250. The second-order valence-corrected chi connectivity index (χ2v) is 6.50. The molecule has 1 N–H and O–H groups in total. The van der Waals surface area contributed by atoms with Crippen molar-refractivity contribution in [3.8, 4) is 16.8 Å². The summed E-state index contributed by atoms with van der Waals surface area (Å²) in [4.78, 5) is 28.4. The van der Waals surface area contributed by atoms with Crippen LogP contribution in [0.3, 0.4) is 0 Å². The van der Waals surface area contributed by atoms with E-state index in [4.69, 9.17) is 11.6 Å². The SMILES string of the molecule is Cc1ccccc1-n1c(=O)[nH]c2cc(-c3ccccc3Cl)ccc2c1=O. The first-order valence-electron chi connectivity index (χ1n) is 8.16. The topological polar surface area (TPSA) is 54.9 Å². The highest BCUT2D eigenvalue weighted by atomic mass is 35.5. The second-order valence-electron chi connectivity index (χ2n) is 6.10. The molecule has 4 rings (SSSR count). The number of hydrogen-bond donors (Lipinski definition) is 1. The molecule has 0 spiro atoms. The molecule has 128 valence electrons. The largest absolute Gasteiger partial charge is 0.333 e. The molecule has 0 aliphatic carbocycles. The van der Waals surface area contributed by atoms with Crippen LogP contribution < -0.4 is 11.2 Å². The summed E-state index contributed by atoms with van der Waals surface area (Å²) < 4.78 is 1.17. The van der Waals surface area contributed by atoms with Gasteiger partial charge in [-0.3, -0.25) is 4.79 Å². The predicted octanol–water partition coefficient (Wildman–Crippen LogP) is 4.31. The third kappa shape index (κ3) is 2.65. The Labute approximate surface area is 154 Å². The zero-order chi connectivity index (χ0) is 18.3. The third-order valence-corrected chi connectivity index (χ3v) is 4.77. The van der Waals surface area contributed by atoms with Crippen molar-refractivity contribution in [2.45, 2.75) is 6.92 Å². The lowest BCUT2D eigenvalue weighted by Crippen LogP contribution is -2.34. The molecule has 0 atom stereocenters. The summed E-state index contributed by atoms with van der Waals surface area (Å²) in [5, 5.41) is 1.06. The first-order chi connectivity index (χ1) is 12.6. The minimum absolute atomic E-state index is 0.344. The minimum atomic E-state index is -0.465. The molecule has 0 unspecified atom stereocenters. The molecule has 0 aliphatic rings. The van der Waals surface area contributed by atoms with Gasteiger partial charge < -0.3 is 4.98 Å². The van der Waals surface area contributed by atoms with E-state index in [1.165, 1.54) is 4.57 Å². The average Bonchev–Trinajstić information content (AvgIpc) is 2.63. The van der Waals surface area contributed by atoms with Crippen molar-refractivity contribution in [3.05, 3.63) is 98.2 Å². The molecular formula is C21H15ClN2O2. The van der Waals surface area contributed by atoms with Gasteiger partial charge in [-0.1, -0.05) is 54.1 Å². The number of halogens is 1. The zero-order valence-corrected chi connectivity index (χ0v) is 14.7. The van der Waals surface area contributed by atoms with E-state index in [1.807, 2.05) is 43.3 Å². The Balaban J connectivity index is 1.98. The van der Waals surface area contributed by atoms with E-state index in [0.29, 0.717) is 21.6 Å². The van der Waals surface area contributed by atoms with Gasteiger partial charge in [0.25, 0.3) is 5.56 Å². The maximum absolute atomic E-state index is 12.9. The van der Waals surface area contributed by atoms with Crippen LogP contribution in [0.1, 0.15) is 5.56 Å². The predicted molar refractivity (Wildman–Crippen MR) is 105 cm³/mol. The van der Waals surface area contributed by atoms with Crippen molar-refractivity contribution in [2.75, 3.05) is 0 Å². The van der Waals surface area contributed by atoms with Crippen molar-refractivity contribution < 1.29 is 0 Å². The third-order valence-electron chi connectivity index (χ3n) is 4.44. The number of benzene rings is 3. The standard InChI is InChI=1S/C21H15ClN2O2/c1-13-6-2-5-9-19(13)24-20(25)16-11-10-14(12-18(16)23-21(24)26)15-7-3-4-8-17(15)22/h2-12H,1H3,(H,23,26). The second kappa shape index (κ2) is 6.32. The summed E-state index contributed by atoms with van der Waals surface area (Å²) in [6.45, 7) is 1.87. The minimum Gasteiger partial charge on any atom is -0.306 e. The van der Waals surface area contributed by atoms with Crippen molar-refractivity contribution in [2.24, 2.45) is 0 Å². The molecule has 0 radical (unpaired) electrons. The Morgan fingerprint density at radius 2 is 1.65 bits per heavy atom. The average molecular weight is 363 g/mol.